The van der Waals surface area contributed by atoms with Crippen LogP contribution in [0.4, 0.5) is 11.5 Å². The van der Waals surface area contributed by atoms with Crippen molar-refractivity contribution in [2.45, 2.75) is 19.4 Å². The highest BCUT2D eigenvalue weighted by molar-refractivity contribution is 6.29. The lowest BCUT2D eigenvalue weighted by Gasteiger charge is -2.15. The quantitative estimate of drug-likeness (QED) is 0.760. The molecule has 0 amide bonds. The Hall–Kier alpha value is -1.00. The third-order valence-electron chi connectivity index (χ3n) is 2.03. The van der Waals surface area contributed by atoms with Crippen LogP contribution in [0.1, 0.15) is 13.3 Å². The average molecular weight is 230 g/mol. The number of hydrogen-bond donors (Lipinski definition) is 2. The second kappa shape index (κ2) is 5.78. The summed E-state index contributed by atoms with van der Waals surface area (Å²) >= 11 is 5.77. The lowest BCUT2D eigenvalue weighted by atomic mass is 10.2. The van der Waals surface area contributed by atoms with Gasteiger partial charge in [0.15, 0.2) is 5.82 Å². The zero-order valence-corrected chi connectivity index (χ0v) is 9.71. The number of rotatable bonds is 5. The van der Waals surface area contributed by atoms with Crippen molar-refractivity contribution in [1.82, 2.24) is 4.98 Å². The molecule has 0 saturated carbocycles. The van der Waals surface area contributed by atoms with Crippen LogP contribution in [-0.4, -0.2) is 24.7 Å². The summed E-state index contributed by atoms with van der Waals surface area (Å²) in [6.07, 6.45) is 0.893. The van der Waals surface area contributed by atoms with E-state index in [0.717, 1.165) is 6.42 Å². The molecule has 0 saturated heterocycles. The van der Waals surface area contributed by atoms with E-state index >= 15 is 0 Å². The highest BCUT2D eigenvalue weighted by atomic mass is 35.5. The number of aromatic nitrogens is 1. The van der Waals surface area contributed by atoms with E-state index in [1.165, 1.54) is 0 Å². The Morgan fingerprint density at radius 2 is 2.33 bits per heavy atom. The van der Waals surface area contributed by atoms with Gasteiger partial charge in [0.1, 0.15) is 5.15 Å². The Morgan fingerprint density at radius 3 is 3.00 bits per heavy atom. The van der Waals surface area contributed by atoms with Crippen molar-refractivity contribution < 1.29 is 4.74 Å². The van der Waals surface area contributed by atoms with Gasteiger partial charge in [-0.25, -0.2) is 4.98 Å². The van der Waals surface area contributed by atoms with Crippen LogP contribution < -0.4 is 11.1 Å². The fourth-order valence-corrected chi connectivity index (χ4v) is 1.31. The summed E-state index contributed by atoms with van der Waals surface area (Å²) in [5.41, 5.74) is 6.35. The number of nitrogens with one attached hydrogen (secondary N) is 1. The minimum Gasteiger partial charge on any atom is -0.396 e. The van der Waals surface area contributed by atoms with Crippen molar-refractivity contribution in [1.29, 1.82) is 0 Å². The summed E-state index contributed by atoms with van der Waals surface area (Å²) in [7, 11) is 1.68. The van der Waals surface area contributed by atoms with Crippen LogP contribution in [0.5, 0.6) is 0 Å². The average Bonchev–Trinajstić information content (AvgIpc) is 2.20. The zero-order valence-electron chi connectivity index (χ0n) is 8.96. The maximum atomic E-state index is 5.77. The number of anilines is 2. The van der Waals surface area contributed by atoms with E-state index in [2.05, 4.69) is 10.3 Å². The predicted molar refractivity (Wildman–Crippen MR) is 63.2 cm³/mol. The molecule has 3 N–H and O–H groups in total. The summed E-state index contributed by atoms with van der Waals surface area (Å²) in [6.45, 7) is 2.75. The van der Waals surface area contributed by atoms with Crippen LogP contribution in [0.3, 0.4) is 0 Å². The maximum absolute atomic E-state index is 5.77. The Labute approximate surface area is 94.8 Å². The molecule has 0 aliphatic rings. The molecule has 1 atom stereocenters. The summed E-state index contributed by atoms with van der Waals surface area (Å²) in [6, 6.07) is 3.65. The van der Waals surface area contributed by atoms with Gasteiger partial charge in [-0.05, 0) is 25.5 Å². The van der Waals surface area contributed by atoms with Crippen LogP contribution in [-0.2, 0) is 4.74 Å². The standard InChI is InChI=1S/C10H16ClN3O/c1-7(5-6-15-2)13-10-8(12)3-4-9(11)14-10/h3-4,7H,5-6,12H2,1-2H3,(H,13,14). The molecule has 1 rings (SSSR count). The number of methoxy groups -OCH3 is 1. The first-order chi connectivity index (χ1) is 7.13. The number of nitrogens with two attached hydrogens (primary N) is 1. The Kier molecular flexibility index (Phi) is 4.65. The summed E-state index contributed by atoms with van der Waals surface area (Å²) in [4.78, 5) is 4.11. The fourth-order valence-electron chi connectivity index (χ4n) is 1.16. The molecule has 5 heteroatoms. The Morgan fingerprint density at radius 1 is 1.60 bits per heavy atom. The first-order valence-electron chi connectivity index (χ1n) is 4.81. The second-order valence-electron chi connectivity index (χ2n) is 3.40. The highest BCUT2D eigenvalue weighted by Gasteiger charge is 2.06. The van der Waals surface area contributed by atoms with Gasteiger partial charge in [0.05, 0.1) is 5.69 Å². The van der Waals surface area contributed by atoms with Gasteiger partial charge in [-0.15, -0.1) is 0 Å². The van der Waals surface area contributed by atoms with E-state index in [9.17, 15) is 0 Å². The van der Waals surface area contributed by atoms with Gasteiger partial charge in [-0.2, -0.15) is 0 Å². The molecule has 4 nitrogen and oxygen atoms in total. The van der Waals surface area contributed by atoms with E-state index in [1.807, 2.05) is 6.92 Å². The SMILES string of the molecule is COCCC(C)Nc1nc(Cl)ccc1N. The first-order valence-corrected chi connectivity index (χ1v) is 5.18. The number of nitrogens with zero attached hydrogens (tertiary/aromatic N) is 1. The number of nitrogen functional groups attached to an aromatic ring is 1. The topological polar surface area (TPSA) is 60.2 Å². The van der Waals surface area contributed by atoms with E-state index in [4.69, 9.17) is 22.1 Å². The third kappa shape index (κ3) is 3.93. The molecular formula is C10H16ClN3O. The van der Waals surface area contributed by atoms with Crippen LogP contribution >= 0.6 is 11.6 Å². The number of ether oxygens (including phenoxy) is 1. The van der Waals surface area contributed by atoms with E-state index < -0.39 is 0 Å². The predicted octanol–water partition coefficient (Wildman–Crippen LogP) is 2.15. The zero-order chi connectivity index (χ0) is 11.3. The van der Waals surface area contributed by atoms with Gasteiger partial charge in [0.2, 0.25) is 0 Å². The van der Waals surface area contributed by atoms with Gasteiger partial charge in [-0.1, -0.05) is 11.6 Å². The van der Waals surface area contributed by atoms with Crippen molar-refractivity contribution in [3.8, 4) is 0 Å². The molecule has 0 aliphatic heterocycles. The Bertz CT molecular complexity index is 320. The molecule has 0 spiro atoms. The molecule has 1 aromatic rings. The minimum atomic E-state index is 0.248. The molecule has 0 bridgehead atoms. The third-order valence-corrected chi connectivity index (χ3v) is 2.24. The fraction of sp³-hybridized carbons (Fsp3) is 0.500. The summed E-state index contributed by atoms with van der Waals surface area (Å²) < 4.78 is 4.99. The molecule has 0 fully saturated rings. The van der Waals surface area contributed by atoms with Crippen LogP contribution in [0.15, 0.2) is 12.1 Å². The second-order valence-corrected chi connectivity index (χ2v) is 3.79. The normalized spacial score (nSPS) is 12.5. The van der Waals surface area contributed by atoms with Crippen molar-refractivity contribution in [2.75, 3.05) is 24.8 Å². The smallest absolute Gasteiger partial charge is 0.151 e. The van der Waals surface area contributed by atoms with Crippen LogP contribution in [0.2, 0.25) is 5.15 Å². The lowest BCUT2D eigenvalue weighted by Crippen LogP contribution is -2.18. The minimum absolute atomic E-state index is 0.248. The molecular weight excluding hydrogens is 214 g/mol. The van der Waals surface area contributed by atoms with Gasteiger partial charge in [0, 0.05) is 19.8 Å². The molecule has 0 radical (unpaired) electrons. The molecule has 1 aromatic heterocycles. The number of hydrogen-bond acceptors (Lipinski definition) is 4. The maximum Gasteiger partial charge on any atom is 0.151 e. The lowest BCUT2D eigenvalue weighted by molar-refractivity contribution is 0.191. The largest absolute Gasteiger partial charge is 0.396 e. The summed E-state index contributed by atoms with van der Waals surface area (Å²) in [5.74, 6) is 0.631. The van der Waals surface area contributed by atoms with E-state index in [-0.39, 0.29) is 6.04 Å². The van der Waals surface area contributed by atoms with Crippen molar-refractivity contribution in [2.24, 2.45) is 0 Å². The van der Waals surface area contributed by atoms with Gasteiger partial charge >= 0.3 is 0 Å². The van der Waals surface area contributed by atoms with Gasteiger partial charge in [0.25, 0.3) is 0 Å². The first kappa shape index (κ1) is 12.1. The molecule has 15 heavy (non-hydrogen) atoms. The monoisotopic (exact) mass is 229 g/mol. The van der Waals surface area contributed by atoms with Crippen molar-refractivity contribution in [3.63, 3.8) is 0 Å². The number of halogens is 1. The molecule has 0 aromatic carbocycles. The van der Waals surface area contributed by atoms with E-state index in [0.29, 0.717) is 23.3 Å². The molecule has 1 unspecified atom stereocenters. The summed E-state index contributed by atoms with van der Waals surface area (Å²) in [5, 5.41) is 3.62. The number of pyridine rings is 1. The molecule has 1 heterocycles. The van der Waals surface area contributed by atoms with Gasteiger partial charge < -0.3 is 15.8 Å². The van der Waals surface area contributed by atoms with Crippen molar-refractivity contribution >= 4 is 23.1 Å². The van der Waals surface area contributed by atoms with Gasteiger partial charge in [-0.3, -0.25) is 0 Å². The van der Waals surface area contributed by atoms with Crippen LogP contribution in [0, 0.1) is 0 Å². The van der Waals surface area contributed by atoms with Crippen molar-refractivity contribution in [3.05, 3.63) is 17.3 Å². The Balaban J connectivity index is 2.59. The van der Waals surface area contributed by atoms with Crippen LogP contribution in [0.25, 0.3) is 0 Å². The highest BCUT2D eigenvalue weighted by Crippen LogP contribution is 2.19. The molecule has 84 valence electrons. The molecule has 0 aliphatic carbocycles. The van der Waals surface area contributed by atoms with E-state index in [1.54, 1.807) is 19.2 Å².